The second-order valence-corrected chi connectivity index (χ2v) is 22.3. The second-order valence-electron chi connectivity index (χ2n) is 8.43. The van der Waals surface area contributed by atoms with Crippen LogP contribution in [-0.2, 0) is 9.16 Å². The Morgan fingerprint density at radius 1 is 1.14 bits per heavy atom. The maximum Gasteiger partial charge on any atom is 0.212 e. The summed E-state index contributed by atoms with van der Waals surface area (Å²) < 4.78 is 13.6. The zero-order chi connectivity index (χ0) is 16.9. The van der Waals surface area contributed by atoms with Crippen LogP contribution in [0.25, 0.3) is 0 Å². The lowest BCUT2D eigenvalue weighted by Gasteiger charge is -2.42. The Kier molecular flexibility index (Phi) is 7.98. The van der Waals surface area contributed by atoms with Gasteiger partial charge < -0.3 is 19.1 Å². The summed E-state index contributed by atoms with van der Waals surface area (Å²) in [6.07, 6.45) is 3.53. The Morgan fingerprint density at radius 3 is 2.18 bits per heavy atom. The van der Waals surface area contributed by atoms with Crippen molar-refractivity contribution in [3.8, 4) is 0 Å². The first-order valence-corrected chi connectivity index (χ1v) is 18.2. The summed E-state index contributed by atoms with van der Waals surface area (Å²) in [6, 6.07) is 2.89. The minimum atomic E-state index is -1.31. The van der Waals surface area contributed by atoms with Crippen molar-refractivity contribution in [2.45, 2.75) is 64.2 Å². The molecule has 2 saturated heterocycles. The minimum absolute atomic E-state index is 0.788. The van der Waals surface area contributed by atoms with E-state index in [2.05, 4.69) is 43.5 Å². The van der Waals surface area contributed by atoms with E-state index in [1.807, 2.05) is 0 Å². The first kappa shape index (κ1) is 20.5. The molecule has 0 aromatic carbocycles. The molecule has 0 radical (unpaired) electrons. The van der Waals surface area contributed by atoms with E-state index >= 15 is 0 Å². The lowest BCUT2D eigenvalue weighted by Crippen LogP contribution is -2.58. The van der Waals surface area contributed by atoms with Crippen molar-refractivity contribution in [3.05, 3.63) is 0 Å². The van der Waals surface area contributed by atoms with Crippen LogP contribution in [0, 0.1) is 0 Å². The van der Waals surface area contributed by atoms with E-state index in [-0.39, 0.29) is 0 Å². The average molecular weight is 363 g/mol. The summed E-state index contributed by atoms with van der Waals surface area (Å²) in [4.78, 5) is 0. The maximum absolute atomic E-state index is 5.62. The summed E-state index contributed by atoms with van der Waals surface area (Å²) in [6.45, 7) is 18.3. The van der Waals surface area contributed by atoms with Crippen molar-refractivity contribution in [1.82, 2.24) is 4.23 Å². The zero-order valence-corrected chi connectivity index (χ0v) is 18.7. The largest absolute Gasteiger partial charge is 0.413 e. The van der Waals surface area contributed by atoms with E-state index in [9.17, 15) is 0 Å². The molecular weight excluding hydrogens is 324 g/mol. The van der Waals surface area contributed by atoms with Gasteiger partial charge in [0.25, 0.3) is 0 Å². The van der Waals surface area contributed by atoms with E-state index in [0.717, 1.165) is 26.0 Å². The standard InChI is InChI=1S/C10H26N2Si2.C5H12O2Si/c1-13(2,9-5-7-11)12-8-6-10-14(12,3)4;1-8(2)5-6-3-4-7-8/h5-11H2,1-4H3;3-5H2,1-2H3. The molecule has 0 bridgehead atoms. The third-order valence-electron chi connectivity index (χ3n) is 4.79. The number of hydrogen-bond acceptors (Lipinski definition) is 4. The Labute approximate surface area is 141 Å². The molecular formula is C15H38N2O2Si3. The summed E-state index contributed by atoms with van der Waals surface area (Å²) in [5.74, 6) is 0. The van der Waals surface area contributed by atoms with Crippen molar-refractivity contribution in [1.29, 1.82) is 0 Å². The predicted molar refractivity (Wildman–Crippen MR) is 104 cm³/mol. The molecule has 2 fully saturated rings. The average Bonchev–Trinajstić information content (AvgIpc) is 2.77. The van der Waals surface area contributed by atoms with Crippen LogP contribution in [0.3, 0.4) is 0 Å². The third kappa shape index (κ3) is 6.54. The van der Waals surface area contributed by atoms with Gasteiger partial charge in [-0.25, -0.2) is 0 Å². The fourth-order valence-electron chi connectivity index (χ4n) is 3.64. The molecule has 0 saturated carbocycles. The Bertz CT molecular complexity index is 331. The highest BCUT2D eigenvalue weighted by Gasteiger charge is 2.42. The summed E-state index contributed by atoms with van der Waals surface area (Å²) >= 11 is 0. The van der Waals surface area contributed by atoms with Gasteiger partial charge in [0.2, 0.25) is 8.32 Å². The van der Waals surface area contributed by atoms with Crippen molar-refractivity contribution in [3.63, 3.8) is 0 Å². The molecule has 0 spiro atoms. The van der Waals surface area contributed by atoms with E-state index in [1.165, 1.54) is 31.5 Å². The molecule has 0 amide bonds. The van der Waals surface area contributed by atoms with Crippen LogP contribution >= 0.6 is 0 Å². The molecule has 0 unspecified atom stereocenters. The van der Waals surface area contributed by atoms with Gasteiger partial charge in [0.1, 0.15) is 16.5 Å². The number of nitrogens with zero attached hydrogens (tertiary/aromatic N) is 1. The summed E-state index contributed by atoms with van der Waals surface area (Å²) in [5.41, 5.74) is 5.62. The molecule has 0 atom stereocenters. The van der Waals surface area contributed by atoms with Gasteiger partial charge in [-0.1, -0.05) is 26.2 Å². The molecule has 0 aromatic heterocycles. The van der Waals surface area contributed by atoms with E-state index in [1.54, 1.807) is 0 Å². The molecule has 132 valence electrons. The molecule has 0 aliphatic carbocycles. The third-order valence-corrected chi connectivity index (χ3v) is 16.8. The predicted octanol–water partition coefficient (Wildman–Crippen LogP) is 3.23. The molecule has 2 aliphatic rings. The molecule has 2 heterocycles. The Hall–Kier alpha value is 0.491. The summed E-state index contributed by atoms with van der Waals surface area (Å²) in [7, 11) is -3.42. The summed E-state index contributed by atoms with van der Waals surface area (Å²) in [5, 5.41) is 0. The van der Waals surface area contributed by atoms with Crippen molar-refractivity contribution < 1.29 is 9.16 Å². The van der Waals surface area contributed by atoms with Crippen molar-refractivity contribution >= 4 is 24.8 Å². The number of ether oxygens (including phenoxy) is 1. The number of nitrogens with two attached hydrogens (primary N) is 1. The highest BCUT2D eigenvalue weighted by molar-refractivity contribution is 6.91. The van der Waals surface area contributed by atoms with Crippen LogP contribution in [-0.4, -0.2) is 61.6 Å². The number of rotatable bonds is 4. The number of hydrogen-bond donors (Lipinski definition) is 1. The molecule has 2 rings (SSSR count). The van der Waals surface area contributed by atoms with Crippen LogP contribution in [0.4, 0.5) is 0 Å². The fourth-order valence-corrected chi connectivity index (χ4v) is 16.4. The van der Waals surface area contributed by atoms with Gasteiger partial charge >= 0.3 is 0 Å². The monoisotopic (exact) mass is 362 g/mol. The molecule has 0 aromatic rings. The molecule has 2 N–H and O–H groups in total. The SMILES string of the molecule is C[Si](C)(CCCN)N1CCC[Si]1(C)C.C[Si]1(C)COCCO1. The normalized spacial score (nSPS) is 24.7. The molecule has 2 aliphatic heterocycles. The quantitative estimate of drug-likeness (QED) is 0.780. The first-order chi connectivity index (χ1) is 10.1. The minimum Gasteiger partial charge on any atom is -0.413 e. The van der Waals surface area contributed by atoms with Crippen molar-refractivity contribution in [2.24, 2.45) is 5.73 Å². The van der Waals surface area contributed by atoms with Gasteiger partial charge in [0.05, 0.1) is 19.4 Å². The fraction of sp³-hybridized carbons (Fsp3) is 1.00. The van der Waals surface area contributed by atoms with Crippen LogP contribution < -0.4 is 5.73 Å². The van der Waals surface area contributed by atoms with Gasteiger partial charge in [-0.3, -0.25) is 0 Å². The molecule has 7 heteroatoms. The van der Waals surface area contributed by atoms with E-state index in [0.29, 0.717) is 0 Å². The van der Waals surface area contributed by atoms with Crippen LogP contribution in [0.15, 0.2) is 0 Å². The van der Waals surface area contributed by atoms with Crippen LogP contribution in [0.1, 0.15) is 12.8 Å². The molecule has 4 nitrogen and oxygen atoms in total. The highest BCUT2D eigenvalue weighted by Crippen LogP contribution is 2.32. The van der Waals surface area contributed by atoms with Crippen molar-refractivity contribution in [2.75, 3.05) is 32.5 Å². The lowest BCUT2D eigenvalue weighted by molar-refractivity contribution is 0.0776. The highest BCUT2D eigenvalue weighted by atomic mass is 28.4. The topological polar surface area (TPSA) is 47.7 Å². The maximum atomic E-state index is 5.62. The van der Waals surface area contributed by atoms with Crippen LogP contribution in [0.5, 0.6) is 0 Å². The lowest BCUT2D eigenvalue weighted by atomic mass is 10.5. The Balaban J connectivity index is 0.000000255. The van der Waals surface area contributed by atoms with Gasteiger partial charge in [0.15, 0.2) is 0 Å². The van der Waals surface area contributed by atoms with Crippen LogP contribution in [0.2, 0.25) is 51.4 Å². The van der Waals surface area contributed by atoms with Gasteiger partial charge in [-0.05, 0) is 51.1 Å². The first-order valence-electron chi connectivity index (χ1n) is 8.80. The Morgan fingerprint density at radius 2 is 1.82 bits per heavy atom. The van der Waals surface area contributed by atoms with Gasteiger partial charge in [0, 0.05) is 0 Å². The second kappa shape index (κ2) is 8.55. The smallest absolute Gasteiger partial charge is 0.212 e. The zero-order valence-electron chi connectivity index (χ0n) is 15.7. The van der Waals surface area contributed by atoms with E-state index < -0.39 is 24.8 Å². The van der Waals surface area contributed by atoms with E-state index in [4.69, 9.17) is 14.9 Å². The molecule has 22 heavy (non-hydrogen) atoms. The van der Waals surface area contributed by atoms with Gasteiger partial charge in [-0.15, -0.1) is 0 Å². The van der Waals surface area contributed by atoms with Gasteiger partial charge in [-0.2, -0.15) is 0 Å².